The Hall–Kier alpha value is -2.12. The number of nitriles is 1. The van der Waals surface area contributed by atoms with E-state index in [1.807, 2.05) is 0 Å². The van der Waals surface area contributed by atoms with Crippen LogP contribution in [0.15, 0.2) is 30.5 Å². The third-order valence-electron chi connectivity index (χ3n) is 4.39. The number of likely N-dealkylation sites (tertiary alicyclic amines) is 1. The number of nitrogens with zero attached hydrogens (tertiary/aromatic N) is 3. The van der Waals surface area contributed by atoms with Crippen molar-refractivity contribution in [2.75, 3.05) is 13.1 Å². The summed E-state index contributed by atoms with van der Waals surface area (Å²) in [6.45, 7) is 4.67. The Morgan fingerprint density at radius 1 is 1.19 bits per heavy atom. The highest BCUT2D eigenvalue weighted by Crippen LogP contribution is 2.27. The normalized spacial score (nSPS) is 17.3. The van der Waals surface area contributed by atoms with Gasteiger partial charge in [0.2, 0.25) is 0 Å². The van der Waals surface area contributed by atoms with E-state index in [4.69, 9.17) is 5.26 Å². The fraction of sp³-hybridized carbons (Fsp3) is 0.412. The van der Waals surface area contributed by atoms with Gasteiger partial charge < -0.3 is 0 Å². The maximum Gasteiger partial charge on any atom is 0.143 e. The molecule has 0 spiro atoms. The molecule has 108 valence electrons. The number of aromatic amines is 1. The lowest BCUT2D eigenvalue weighted by atomic mass is 9.99. The zero-order chi connectivity index (χ0) is 14.7. The smallest absolute Gasteiger partial charge is 0.143 e. The quantitative estimate of drug-likeness (QED) is 0.936. The summed E-state index contributed by atoms with van der Waals surface area (Å²) in [6.07, 6.45) is 5.69. The van der Waals surface area contributed by atoms with Crippen LogP contribution >= 0.6 is 0 Å². The van der Waals surface area contributed by atoms with Gasteiger partial charge in [-0.05, 0) is 44.0 Å². The average molecular weight is 280 g/mol. The van der Waals surface area contributed by atoms with Crippen LogP contribution in [0.25, 0.3) is 11.1 Å². The van der Waals surface area contributed by atoms with E-state index < -0.39 is 0 Å². The van der Waals surface area contributed by atoms with Gasteiger partial charge >= 0.3 is 0 Å². The number of benzene rings is 1. The average Bonchev–Trinajstić information content (AvgIpc) is 3.04. The van der Waals surface area contributed by atoms with E-state index in [-0.39, 0.29) is 0 Å². The highest BCUT2D eigenvalue weighted by Gasteiger charge is 2.18. The van der Waals surface area contributed by atoms with Crippen molar-refractivity contribution in [2.24, 2.45) is 0 Å². The monoisotopic (exact) mass is 280 g/mol. The fourth-order valence-electron chi connectivity index (χ4n) is 3.05. The number of nitrogens with one attached hydrogen (secondary N) is 1. The second-order valence-electron chi connectivity index (χ2n) is 5.67. The molecule has 0 bridgehead atoms. The zero-order valence-corrected chi connectivity index (χ0v) is 12.3. The third-order valence-corrected chi connectivity index (χ3v) is 4.39. The number of H-pyrrole nitrogens is 1. The van der Waals surface area contributed by atoms with Crippen molar-refractivity contribution in [2.45, 2.75) is 32.2 Å². The van der Waals surface area contributed by atoms with Gasteiger partial charge in [-0.2, -0.15) is 10.4 Å². The summed E-state index contributed by atoms with van der Waals surface area (Å²) >= 11 is 0. The summed E-state index contributed by atoms with van der Waals surface area (Å²) in [5.74, 6) is 0. The maximum absolute atomic E-state index is 9.05. The number of aromatic nitrogens is 2. The van der Waals surface area contributed by atoms with Crippen molar-refractivity contribution < 1.29 is 0 Å². The number of hydrogen-bond donors (Lipinski definition) is 1. The second-order valence-corrected chi connectivity index (χ2v) is 5.67. The molecule has 1 N–H and O–H groups in total. The summed E-state index contributed by atoms with van der Waals surface area (Å²) in [5, 5.41) is 15.7. The number of piperidine rings is 1. The van der Waals surface area contributed by atoms with Crippen LogP contribution in [-0.4, -0.2) is 28.2 Å². The molecule has 2 heterocycles. The van der Waals surface area contributed by atoms with E-state index in [0.717, 1.165) is 11.1 Å². The van der Waals surface area contributed by atoms with Gasteiger partial charge in [0.15, 0.2) is 0 Å². The van der Waals surface area contributed by atoms with E-state index in [9.17, 15) is 0 Å². The van der Waals surface area contributed by atoms with Gasteiger partial charge in [-0.15, -0.1) is 0 Å². The Morgan fingerprint density at radius 3 is 2.57 bits per heavy atom. The summed E-state index contributed by atoms with van der Waals surface area (Å²) in [4.78, 5) is 2.55. The largest absolute Gasteiger partial charge is 0.297 e. The van der Waals surface area contributed by atoms with Crippen LogP contribution in [0, 0.1) is 11.3 Å². The standard InChI is InChI=1S/C17H20N4/c1-13(21-9-3-2-4-10-21)14-5-7-15(8-6-14)16-12-19-20-17(16)11-18/h5-8,12-13H,2-4,9-10H2,1H3,(H,19,20). The van der Waals surface area contributed by atoms with Gasteiger partial charge in [0.1, 0.15) is 11.8 Å². The Bertz CT molecular complexity index is 630. The maximum atomic E-state index is 9.05. The molecule has 3 rings (SSSR count). The first-order valence-electron chi connectivity index (χ1n) is 7.57. The van der Waals surface area contributed by atoms with Crippen LogP contribution in [0.3, 0.4) is 0 Å². The first-order chi connectivity index (χ1) is 10.3. The molecular formula is C17H20N4. The molecule has 1 aromatic heterocycles. The van der Waals surface area contributed by atoms with E-state index >= 15 is 0 Å². The minimum absolute atomic E-state index is 0.458. The van der Waals surface area contributed by atoms with E-state index in [0.29, 0.717) is 11.7 Å². The molecule has 2 aromatic rings. The zero-order valence-electron chi connectivity index (χ0n) is 12.3. The van der Waals surface area contributed by atoms with Gasteiger partial charge in [0.25, 0.3) is 0 Å². The minimum atomic E-state index is 0.458. The molecule has 1 unspecified atom stereocenters. The van der Waals surface area contributed by atoms with Gasteiger partial charge in [-0.3, -0.25) is 10.00 Å². The molecule has 1 fully saturated rings. The van der Waals surface area contributed by atoms with Crippen LogP contribution in [-0.2, 0) is 0 Å². The number of hydrogen-bond acceptors (Lipinski definition) is 3. The van der Waals surface area contributed by atoms with Crippen molar-refractivity contribution in [3.8, 4) is 17.2 Å². The SMILES string of the molecule is CC(c1ccc(-c2cn[nH]c2C#N)cc1)N1CCCCC1. The van der Waals surface area contributed by atoms with Crippen molar-refractivity contribution in [1.29, 1.82) is 5.26 Å². The highest BCUT2D eigenvalue weighted by atomic mass is 15.2. The van der Waals surface area contributed by atoms with Crippen LogP contribution in [0.2, 0.25) is 0 Å². The molecule has 1 aliphatic rings. The van der Waals surface area contributed by atoms with E-state index in [1.54, 1.807) is 6.20 Å². The van der Waals surface area contributed by atoms with Crippen LogP contribution in [0.4, 0.5) is 0 Å². The Balaban J connectivity index is 1.79. The number of rotatable bonds is 3. The lowest BCUT2D eigenvalue weighted by Crippen LogP contribution is -2.32. The second kappa shape index (κ2) is 6.11. The van der Waals surface area contributed by atoms with Crippen LogP contribution in [0.1, 0.15) is 43.5 Å². The lowest BCUT2D eigenvalue weighted by Gasteiger charge is -2.32. The molecule has 1 saturated heterocycles. The molecular weight excluding hydrogens is 260 g/mol. The van der Waals surface area contributed by atoms with Crippen LogP contribution < -0.4 is 0 Å². The molecule has 0 aliphatic carbocycles. The van der Waals surface area contributed by atoms with E-state index in [2.05, 4.69) is 52.4 Å². The van der Waals surface area contributed by atoms with Crippen molar-refractivity contribution in [1.82, 2.24) is 15.1 Å². The highest BCUT2D eigenvalue weighted by molar-refractivity contribution is 5.68. The molecule has 1 aromatic carbocycles. The Kier molecular flexibility index (Phi) is 4.03. The predicted molar refractivity (Wildman–Crippen MR) is 82.6 cm³/mol. The topological polar surface area (TPSA) is 55.7 Å². The minimum Gasteiger partial charge on any atom is -0.297 e. The van der Waals surface area contributed by atoms with Crippen molar-refractivity contribution in [3.05, 3.63) is 41.7 Å². The van der Waals surface area contributed by atoms with Crippen molar-refractivity contribution >= 4 is 0 Å². The fourth-order valence-corrected chi connectivity index (χ4v) is 3.05. The third kappa shape index (κ3) is 2.84. The molecule has 0 radical (unpaired) electrons. The van der Waals surface area contributed by atoms with Gasteiger partial charge in [0.05, 0.1) is 6.20 Å². The molecule has 1 atom stereocenters. The summed E-state index contributed by atoms with van der Waals surface area (Å²) < 4.78 is 0. The van der Waals surface area contributed by atoms with Gasteiger partial charge in [0, 0.05) is 11.6 Å². The van der Waals surface area contributed by atoms with Crippen LogP contribution in [0.5, 0.6) is 0 Å². The first-order valence-corrected chi connectivity index (χ1v) is 7.57. The lowest BCUT2D eigenvalue weighted by molar-refractivity contribution is 0.175. The summed E-state index contributed by atoms with van der Waals surface area (Å²) in [7, 11) is 0. The summed E-state index contributed by atoms with van der Waals surface area (Å²) in [5.41, 5.74) is 3.76. The van der Waals surface area contributed by atoms with Gasteiger partial charge in [-0.25, -0.2) is 0 Å². The van der Waals surface area contributed by atoms with Gasteiger partial charge in [-0.1, -0.05) is 30.7 Å². The molecule has 0 saturated carbocycles. The molecule has 4 heteroatoms. The molecule has 1 aliphatic heterocycles. The first kappa shape index (κ1) is 13.8. The molecule has 0 amide bonds. The molecule has 21 heavy (non-hydrogen) atoms. The molecule has 4 nitrogen and oxygen atoms in total. The Labute approximate surface area is 125 Å². The van der Waals surface area contributed by atoms with E-state index in [1.165, 1.54) is 37.9 Å². The Morgan fingerprint density at radius 2 is 1.90 bits per heavy atom. The predicted octanol–water partition coefficient (Wildman–Crippen LogP) is 3.50. The summed E-state index contributed by atoms with van der Waals surface area (Å²) in [6, 6.07) is 11.1. The van der Waals surface area contributed by atoms with Crippen molar-refractivity contribution in [3.63, 3.8) is 0 Å².